The van der Waals surface area contributed by atoms with Gasteiger partial charge in [0, 0.05) is 18.0 Å². The molecule has 0 aliphatic heterocycles. The maximum atomic E-state index is 11.2. The Labute approximate surface area is 87.7 Å². The molecule has 1 heterocycles. The summed E-state index contributed by atoms with van der Waals surface area (Å²) in [5, 5.41) is 0.863. The largest absolute Gasteiger partial charge is 0.426 e. The number of hydrogen-bond donors (Lipinski definition) is 0. The summed E-state index contributed by atoms with van der Waals surface area (Å²) in [6, 6.07) is 9.28. The highest BCUT2D eigenvalue weighted by atomic mass is 16.5. The molecule has 0 aliphatic rings. The second-order valence-corrected chi connectivity index (χ2v) is 3.15. The monoisotopic (exact) mass is 201 g/mol. The third kappa shape index (κ3) is 1.96. The molecule has 0 fully saturated rings. The van der Waals surface area contributed by atoms with E-state index in [0.29, 0.717) is 12.2 Å². The van der Waals surface area contributed by atoms with E-state index in [9.17, 15) is 4.79 Å². The molecular formula is C12H11NO2. The molecule has 3 heteroatoms. The summed E-state index contributed by atoms with van der Waals surface area (Å²) in [4.78, 5) is 15.4. The average molecular weight is 201 g/mol. The Balaban J connectivity index is 2.46. The summed E-state index contributed by atoms with van der Waals surface area (Å²) in [5.41, 5.74) is 0.832. The van der Waals surface area contributed by atoms with Crippen molar-refractivity contribution < 1.29 is 9.53 Å². The normalized spacial score (nSPS) is 10.2. The summed E-state index contributed by atoms with van der Waals surface area (Å²) in [7, 11) is 0. The molecule has 0 bridgehead atoms. The predicted octanol–water partition coefficient (Wildman–Crippen LogP) is 2.55. The van der Waals surface area contributed by atoms with Gasteiger partial charge in [0.1, 0.15) is 5.75 Å². The number of pyridine rings is 1. The van der Waals surface area contributed by atoms with Gasteiger partial charge in [0.2, 0.25) is 0 Å². The topological polar surface area (TPSA) is 39.2 Å². The van der Waals surface area contributed by atoms with E-state index in [4.69, 9.17) is 4.74 Å². The zero-order chi connectivity index (χ0) is 10.7. The van der Waals surface area contributed by atoms with E-state index in [1.165, 1.54) is 0 Å². The highest BCUT2D eigenvalue weighted by molar-refractivity contribution is 5.87. The van der Waals surface area contributed by atoms with Crippen molar-refractivity contribution >= 4 is 16.9 Å². The molecular weight excluding hydrogens is 190 g/mol. The van der Waals surface area contributed by atoms with E-state index in [-0.39, 0.29) is 5.97 Å². The van der Waals surface area contributed by atoms with Gasteiger partial charge in [-0.3, -0.25) is 9.78 Å². The van der Waals surface area contributed by atoms with Gasteiger partial charge in [-0.1, -0.05) is 19.1 Å². The zero-order valence-electron chi connectivity index (χ0n) is 8.43. The molecule has 76 valence electrons. The lowest BCUT2D eigenvalue weighted by molar-refractivity contribution is -0.133. The smallest absolute Gasteiger partial charge is 0.310 e. The summed E-state index contributed by atoms with van der Waals surface area (Å²) in [6.45, 7) is 1.77. The maximum Gasteiger partial charge on any atom is 0.310 e. The molecule has 15 heavy (non-hydrogen) atoms. The Bertz CT molecular complexity index is 488. The van der Waals surface area contributed by atoms with E-state index in [2.05, 4.69) is 4.98 Å². The Morgan fingerprint density at radius 2 is 2.13 bits per heavy atom. The number of aromatic nitrogens is 1. The van der Waals surface area contributed by atoms with E-state index in [1.807, 2.05) is 24.3 Å². The van der Waals surface area contributed by atoms with Crippen LogP contribution >= 0.6 is 0 Å². The number of hydrogen-bond acceptors (Lipinski definition) is 3. The van der Waals surface area contributed by atoms with Crippen molar-refractivity contribution in [3.63, 3.8) is 0 Å². The van der Waals surface area contributed by atoms with Crippen LogP contribution < -0.4 is 4.74 Å². The van der Waals surface area contributed by atoms with Crippen molar-refractivity contribution in [3.8, 4) is 5.75 Å². The van der Waals surface area contributed by atoms with Gasteiger partial charge in [-0.2, -0.15) is 0 Å². The first-order chi connectivity index (χ1) is 7.31. The number of esters is 1. The highest BCUT2D eigenvalue weighted by Gasteiger charge is 2.05. The number of carbonyl (C=O) groups is 1. The van der Waals surface area contributed by atoms with Crippen molar-refractivity contribution in [2.75, 3.05) is 0 Å². The number of nitrogens with zero attached hydrogens (tertiary/aromatic N) is 1. The molecule has 0 aliphatic carbocycles. The van der Waals surface area contributed by atoms with Crippen LogP contribution in [0.25, 0.3) is 10.9 Å². The van der Waals surface area contributed by atoms with Crippen LogP contribution in [0.5, 0.6) is 5.75 Å². The third-order valence-electron chi connectivity index (χ3n) is 2.12. The van der Waals surface area contributed by atoms with Gasteiger partial charge in [-0.25, -0.2) is 0 Å². The molecule has 1 aromatic carbocycles. The molecule has 0 atom stereocenters. The quantitative estimate of drug-likeness (QED) is 0.701. The lowest BCUT2D eigenvalue weighted by atomic mass is 10.2. The minimum absolute atomic E-state index is 0.230. The van der Waals surface area contributed by atoms with Crippen molar-refractivity contribution in [3.05, 3.63) is 36.5 Å². The average Bonchev–Trinajstić information content (AvgIpc) is 2.29. The second-order valence-electron chi connectivity index (χ2n) is 3.15. The summed E-state index contributed by atoms with van der Waals surface area (Å²) in [6.07, 6.45) is 2.01. The Morgan fingerprint density at radius 3 is 2.93 bits per heavy atom. The third-order valence-corrected chi connectivity index (χ3v) is 2.12. The molecule has 1 aromatic heterocycles. The first-order valence-corrected chi connectivity index (χ1v) is 4.85. The van der Waals surface area contributed by atoms with Crippen LogP contribution in [0.1, 0.15) is 13.3 Å². The molecule has 2 aromatic rings. The van der Waals surface area contributed by atoms with Crippen LogP contribution in [-0.2, 0) is 4.79 Å². The SMILES string of the molecule is CCC(=O)Oc1ccnc2ccccc12. The van der Waals surface area contributed by atoms with Gasteiger partial charge in [0.05, 0.1) is 5.52 Å². The van der Waals surface area contributed by atoms with Crippen LogP contribution in [0.4, 0.5) is 0 Å². The number of benzene rings is 1. The number of rotatable bonds is 2. The standard InChI is InChI=1S/C12H11NO2/c1-2-12(14)15-11-7-8-13-10-6-4-3-5-9(10)11/h3-8H,2H2,1H3. The molecule has 0 unspecified atom stereocenters. The van der Waals surface area contributed by atoms with Gasteiger partial charge >= 0.3 is 5.97 Å². The van der Waals surface area contributed by atoms with Gasteiger partial charge in [0.25, 0.3) is 0 Å². The molecule has 3 nitrogen and oxygen atoms in total. The molecule has 0 saturated heterocycles. The van der Waals surface area contributed by atoms with Gasteiger partial charge in [-0.15, -0.1) is 0 Å². The second kappa shape index (κ2) is 4.09. The minimum Gasteiger partial charge on any atom is -0.426 e. The Hall–Kier alpha value is -1.90. The van der Waals surface area contributed by atoms with Crippen molar-refractivity contribution in [1.29, 1.82) is 0 Å². The fourth-order valence-electron chi connectivity index (χ4n) is 1.35. The van der Waals surface area contributed by atoms with Crippen molar-refractivity contribution in [2.24, 2.45) is 0 Å². The molecule has 0 amide bonds. The van der Waals surface area contributed by atoms with Crippen LogP contribution in [-0.4, -0.2) is 11.0 Å². The van der Waals surface area contributed by atoms with Crippen LogP contribution in [0.2, 0.25) is 0 Å². The predicted molar refractivity (Wildman–Crippen MR) is 57.7 cm³/mol. The molecule has 0 saturated carbocycles. The lowest BCUT2D eigenvalue weighted by Crippen LogP contribution is -2.05. The van der Waals surface area contributed by atoms with Crippen LogP contribution in [0, 0.1) is 0 Å². The Kier molecular flexibility index (Phi) is 2.63. The molecule has 2 rings (SSSR count). The number of carbonyl (C=O) groups excluding carboxylic acids is 1. The lowest BCUT2D eigenvalue weighted by Gasteiger charge is -2.05. The summed E-state index contributed by atoms with van der Waals surface area (Å²) >= 11 is 0. The van der Waals surface area contributed by atoms with Crippen molar-refractivity contribution in [2.45, 2.75) is 13.3 Å². The number of fused-ring (bicyclic) bond motifs is 1. The van der Waals surface area contributed by atoms with E-state index in [1.54, 1.807) is 19.2 Å². The summed E-state index contributed by atoms with van der Waals surface area (Å²) in [5.74, 6) is 0.346. The maximum absolute atomic E-state index is 11.2. The van der Waals surface area contributed by atoms with Gasteiger partial charge in [0.15, 0.2) is 0 Å². The van der Waals surface area contributed by atoms with Gasteiger partial charge < -0.3 is 4.74 Å². The van der Waals surface area contributed by atoms with Gasteiger partial charge in [-0.05, 0) is 18.2 Å². The van der Waals surface area contributed by atoms with E-state index < -0.39 is 0 Å². The number of ether oxygens (including phenoxy) is 1. The van der Waals surface area contributed by atoms with Crippen LogP contribution in [0.3, 0.4) is 0 Å². The first kappa shape index (κ1) is 9.65. The zero-order valence-corrected chi connectivity index (χ0v) is 8.43. The minimum atomic E-state index is -0.230. The first-order valence-electron chi connectivity index (χ1n) is 4.85. The van der Waals surface area contributed by atoms with Crippen LogP contribution in [0.15, 0.2) is 36.5 Å². The number of para-hydroxylation sites is 1. The van der Waals surface area contributed by atoms with E-state index >= 15 is 0 Å². The highest BCUT2D eigenvalue weighted by Crippen LogP contribution is 2.23. The Morgan fingerprint density at radius 1 is 1.33 bits per heavy atom. The fraction of sp³-hybridized carbons (Fsp3) is 0.167. The molecule has 0 radical (unpaired) electrons. The van der Waals surface area contributed by atoms with Crippen molar-refractivity contribution in [1.82, 2.24) is 4.98 Å². The summed E-state index contributed by atoms with van der Waals surface area (Å²) < 4.78 is 5.20. The molecule has 0 spiro atoms. The fourth-order valence-corrected chi connectivity index (χ4v) is 1.35. The molecule has 0 N–H and O–H groups in total. The van der Waals surface area contributed by atoms with E-state index in [0.717, 1.165) is 10.9 Å².